The van der Waals surface area contributed by atoms with Crippen LogP contribution < -0.4 is 4.72 Å². The first kappa shape index (κ1) is 15.4. The lowest BCUT2D eigenvalue weighted by atomic mass is 10.2. The van der Waals surface area contributed by atoms with Gasteiger partial charge in [-0.15, -0.1) is 0 Å². The van der Waals surface area contributed by atoms with Crippen LogP contribution in [0.15, 0.2) is 12.1 Å². The zero-order valence-corrected chi connectivity index (χ0v) is 10.9. The molecule has 0 bridgehead atoms. The Bertz CT molecular complexity index is 587. The SMILES string of the molecule is CCCCS(=O)(=O)Nc1ccc(F)c(C(=O)O)c1F. The highest BCUT2D eigenvalue weighted by Crippen LogP contribution is 2.22. The Morgan fingerprint density at radius 3 is 2.53 bits per heavy atom. The largest absolute Gasteiger partial charge is 0.477 e. The summed E-state index contributed by atoms with van der Waals surface area (Å²) in [6.45, 7) is 1.79. The van der Waals surface area contributed by atoms with E-state index in [9.17, 15) is 22.0 Å². The fourth-order valence-corrected chi connectivity index (χ4v) is 2.64. The number of benzene rings is 1. The summed E-state index contributed by atoms with van der Waals surface area (Å²) in [7, 11) is -3.78. The van der Waals surface area contributed by atoms with Crippen LogP contribution in [0.3, 0.4) is 0 Å². The van der Waals surface area contributed by atoms with Gasteiger partial charge in [0.2, 0.25) is 10.0 Å². The molecule has 0 aliphatic rings. The summed E-state index contributed by atoms with van der Waals surface area (Å²) >= 11 is 0. The first-order valence-electron chi connectivity index (χ1n) is 5.50. The van der Waals surface area contributed by atoms with E-state index in [0.717, 1.165) is 6.07 Å². The van der Waals surface area contributed by atoms with Gasteiger partial charge in [-0.1, -0.05) is 13.3 Å². The topological polar surface area (TPSA) is 83.5 Å². The average Bonchev–Trinajstić information content (AvgIpc) is 2.30. The molecule has 0 radical (unpaired) electrons. The van der Waals surface area contributed by atoms with Crippen LogP contribution in [0, 0.1) is 11.6 Å². The molecular weight excluding hydrogens is 280 g/mol. The number of rotatable bonds is 6. The minimum atomic E-state index is -3.78. The van der Waals surface area contributed by atoms with Crippen molar-refractivity contribution in [2.75, 3.05) is 10.5 Å². The van der Waals surface area contributed by atoms with E-state index in [1.165, 1.54) is 0 Å². The first-order valence-corrected chi connectivity index (χ1v) is 7.15. The van der Waals surface area contributed by atoms with Crippen molar-refractivity contribution in [2.45, 2.75) is 19.8 Å². The van der Waals surface area contributed by atoms with Crippen LogP contribution in [0.5, 0.6) is 0 Å². The molecule has 0 spiro atoms. The third-order valence-electron chi connectivity index (χ3n) is 2.34. The molecule has 0 saturated heterocycles. The molecule has 1 aromatic carbocycles. The number of sulfonamides is 1. The zero-order chi connectivity index (χ0) is 14.6. The molecule has 0 fully saturated rings. The second-order valence-corrected chi connectivity index (χ2v) is 5.71. The average molecular weight is 293 g/mol. The van der Waals surface area contributed by atoms with Crippen LogP contribution in [-0.2, 0) is 10.0 Å². The molecule has 2 N–H and O–H groups in total. The molecule has 0 atom stereocenters. The number of unbranched alkanes of at least 4 members (excludes halogenated alkanes) is 1. The van der Waals surface area contributed by atoms with Crippen LogP contribution in [0.25, 0.3) is 0 Å². The Kier molecular flexibility index (Phi) is 4.82. The standard InChI is InChI=1S/C11H13F2NO4S/c1-2-3-6-19(17,18)14-8-5-4-7(12)9(10(8)13)11(15)16/h4-5,14H,2-3,6H2,1H3,(H,15,16). The smallest absolute Gasteiger partial charge is 0.341 e. The second-order valence-electron chi connectivity index (χ2n) is 3.86. The highest BCUT2D eigenvalue weighted by atomic mass is 32.2. The molecule has 0 unspecified atom stereocenters. The molecule has 8 heteroatoms. The van der Waals surface area contributed by atoms with Crippen molar-refractivity contribution in [3.05, 3.63) is 29.3 Å². The van der Waals surface area contributed by atoms with Gasteiger partial charge in [-0.3, -0.25) is 4.72 Å². The second kappa shape index (κ2) is 5.96. The predicted octanol–water partition coefficient (Wildman–Crippen LogP) is 2.20. The number of carboxylic acids is 1. The van der Waals surface area contributed by atoms with E-state index in [-0.39, 0.29) is 5.75 Å². The monoisotopic (exact) mass is 293 g/mol. The molecule has 0 heterocycles. The number of aromatic carboxylic acids is 1. The van der Waals surface area contributed by atoms with E-state index in [1.807, 2.05) is 4.72 Å². The van der Waals surface area contributed by atoms with E-state index in [1.54, 1.807) is 6.92 Å². The molecule has 0 amide bonds. The highest BCUT2D eigenvalue weighted by Gasteiger charge is 2.22. The fourth-order valence-electron chi connectivity index (χ4n) is 1.38. The lowest BCUT2D eigenvalue weighted by molar-refractivity contribution is 0.0686. The maximum absolute atomic E-state index is 13.7. The van der Waals surface area contributed by atoms with Crippen molar-refractivity contribution in [1.82, 2.24) is 0 Å². The van der Waals surface area contributed by atoms with Gasteiger partial charge in [-0.05, 0) is 18.6 Å². The molecule has 0 saturated carbocycles. The van der Waals surface area contributed by atoms with Crippen molar-refractivity contribution in [3.8, 4) is 0 Å². The summed E-state index contributed by atoms with van der Waals surface area (Å²) in [4.78, 5) is 10.7. The molecular formula is C11H13F2NO4S. The van der Waals surface area contributed by atoms with Gasteiger partial charge in [0.05, 0.1) is 11.4 Å². The van der Waals surface area contributed by atoms with Crippen LogP contribution >= 0.6 is 0 Å². The first-order chi connectivity index (χ1) is 8.78. The molecule has 1 rings (SSSR count). The molecule has 0 aromatic heterocycles. The van der Waals surface area contributed by atoms with Gasteiger partial charge in [0.25, 0.3) is 0 Å². The van der Waals surface area contributed by atoms with E-state index in [2.05, 4.69) is 0 Å². The van der Waals surface area contributed by atoms with E-state index >= 15 is 0 Å². The van der Waals surface area contributed by atoms with Gasteiger partial charge < -0.3 is 5.11 Å². The van der Waals surface area contributed by atoms with Gasteiger partial charge in [-0.2, -0.15) is 0 Å². The third-order valence-corrected chi connectivity index (χ3v) is 3.69. The lowest BCUT2D eigenvalue weighted by Gasteiger charge is -2.10. The number of nitrogens with one attached hydrogen (secondary N) is 1. The number of hydrogen-bond acceptors (Lipinski definition) is 3. The van der Waals surface area contributed by atoms with Gasteiger partial charge in [0.1, 0.15) is 11.4 Å². The zero-order valence-electron chi connectivity index (χ0n) is 10.1. The number of halogens is 2. The van der Waals surface area contributed by atoms with Crippen molar-refractivity contribution in [3.63, 3.8) is 0 Å². The maximum atomic E-state index is 13.7. The predicted molar refractivity (Wildman–Crippen MR) is 65.6 cm³/mol. The lowest BCUT2D eigenvalue weighted by Crippen LogP contribution is -2.18. The summed E-state index contributed by atoms with van der Waals surface area (Å²) < 4.78 is 51.8. The molecule has 5 nitrogen and oxygen atoms in total. The number of carboxylic acid groups (broad SMARTS) is 1. The third kappa shape index (κ3) is 3.88. The van der Waals surface area contributed by atoms with Gasteiger partial charge in [0, 0.05) is 0 Å². The fraction of sp³-hybridized carbons (Fsp3) is 0.364. The summed E-state index contributed by atoms with van der Waals surface area (Å²) in [5, 5.41) is 8.65. The van der Waals surface area contributed by atoms with Crippen LogP contribution in [-0.4, -0.2) is 25.2 Å². The minimum absolute atomic E-state index is 0.220. The molecule has 19 heavy (non-hydrogen) atoms. The van der Waals surface area contributed by atoms with Crippen molar-refractivity contribution < 1.29 is 27.1 Å². The highest BCUT2D eigenvalue weighted by molar-refractivity contribution is 7.92. The van der Waals surface area contributed by atoms with Crippen molar-refractivity contribution >= 4 is 21.7 Å². The number of carbonyl (C=O) groups is 1. The van der Waals surface area contributed by atoms with Crippen LogP contribution in [0.4, 0.5) is 14.5 Å². The van der Waals surface area contributed by atoms with Crippen molar-refractivity contribution in [1.29, 1.82) is 0 Å². The van der Waals surface area contributed by atoms with Crippen molar-refractivity contribution in [2.24, 2.45) is 0 Å². The Labute approximate surface area is 109 Å². The molecule has 1 aromatic rings. The maximum Gasteiger partial charge on any atom is 0.341 e. The summed E-state index contributed by atoms with van der Waals surface area (Å²) in [6, 6.07) is 1.55. The summed E-state index contributed by atoms with van der Waals surface area (Å²) in [5.41, 5.74) is -1.76. The Balaban J connectivity index is 3.10. The quantitative estimate of drug-likeness (QED) is 0.842. The van der Waals surface area contributed by atoms with Crippen LogP contribution in [0.1, 0.15) is 30.1 Å². The summed E-state index contributed by atoms with van der Waals surface area (Å²) in [5.74, 6) is -4.72. The normalized spacial score (nSPS) is 11.3. The number of anilines is 1. The Morgan fingerprint density at radius 1 is 1.37 bits per heavy atom. The Morgan fingerprint density at radius 2 is 2.00 bits per heavy atom. The van der Waals surface area contributed by atoms with Gasteiger partial charge in [-0.25, -0.2) is 22.0 Å². The molecule has 0 aliphatic carbocycles. The minimum Gasteiger partial charge on any atom is -0.477 e. The number of hydrogen-bond donors (Lipinski definition) is 2. The van der Waals surface area contributed by atoms with E-state index in [0.29, 0.717) is 18.9 Å². The van der Waals surface area contributed by atoms with Gasteiger partial charge in [0.15, 0.2) is 5.82 Å². The van der Waals surface area contributed by atoms with E-state index < -0.39 is 38.9 Å². The Hall–Kier alpha value is -1.70. The molecule has 106 valence electrons. The summed E-state index contributed by atoms with van der Waals surface area (Å²) in [6.07, 6.45) is 1.01. The van der Waals surface area contributed by atoms with Crippen LogP contribution in [0.2, 0.25) is 0 Å². The molecule has 0 aliphatic heterocycles. The van der Waals surface area contributed by atoms with E-state index in [4.69, 9.17) is 5.11 Å². The van der Waals surface area contributed by atoms with Gasteiger partial charge >= 0.3 is 5.97 Å².